The zero-order valence-electron chi connectivity index (χ0n) is 10.2. The quantitative estimate of drug-likeness (QED) is 0.816. The predicted octanol–water partition coefficient (Wildman–Crippen LogP) is 1.26. The lowest BCUT2D eigenvalue weighted by molar-refractivity contribution is -0.133. The fourth-order valence-corrected chi connectivity index (χ4v) is 1.91. The maximum Gasteiger partial charge on any atom is 0.325 e. The number of amides is 3. The van der Waals surface area contributed by atoms with Gasteiger partial charge in [-0.15, -0.1) is 0 Å². The number of carbonyl (C=O) groups is 3. The Morgan fingerprint density at radius 2 is 1.89 bits per heavy atom. The Balaban J connectivity index is 2.27. The van der Waals surface area contributed by atoms with Crippen molar-refractivity contribution >= 4 is 17.7 Å². The van der Waals surface area contributed by atoms with E-state index in [1.165, 1.54) is 6.92 Å². The number of nitrogens with zero attached hydrogens (tertiary/aromatic N) is 1. The zero-order chi connectivity index (χ0) is 13.3. The van der Waals surface area contributed by atoms with E-state index >= 15 is 0 Å². The van der Waals surface area contributed by atoms with Crippen molar-refractivity contribution in [2.75, 3.05) is 0 Å². The van der Waals surface area contributed by atoms with Gasteiger partial charge in [-0.1, -0.05) is 30.3 Å². The second-order valence-electron chi connectivity index (χ2n) is 4.29. The van der Waals surface area contributed by atoms with E-state index in [4.69, 9.17) is 0 Å². The SMILES string of the molecule is CC(=O)C(C)N1C(=O)NC(c2ccccc2)C1=O. The highest BCUT2D eigenvalue weighted by atomic mass is 16.2. The van der Waals surface area contributed by atoms with Gasteiger partial charge in [0.15, 0.2) is 5.78 Å². The van der Waals surface area contributed by atoms with Crippen molar-refractivity contribution < 1.29 is 14.4 Å². The highest BCUT2D eigenvalue weighted by Crippen LogP contribution is 2.23. The summed E-state index contributed by atoms with van der Waals surface area (Å²) in [5, 5.41) is 2.59. The number of rotatable bonds is 3. The first-order valence-electron chi connectivity index (χ1n) is 5.71. The van der Waals surface area contributed by atoms with Crippen LogP contribution in [0, 0.1) is 0 Å². The summed E-state index contributed by atoms with van der Waals surface area (Å²) in [7, 11) is 0. The minimum absolute atomic E-state index is 0.216. The molecule has 1 aromatic carbocycles. The first kappa shape index (κ1) is 12.3. The minimum atomic E-state index is -0.730. The van der Waals surface area contributed by atoms with Crippen molar-refractivity contribution in [3.05, 3.63) is 35.9 Å². The molecule has 1 aliphatic heterocycles. The molecule has 94 valence electrons. The van der Waals surface area contributed by atoms with Crippen molar-refractivity contribution in [2.45, 2.75) is 25.9 Å². The lowest BCUT2D eigenvalue weighted by Gasteiger charge is -2.18. The molecular weight excluding hydrogens is 232 g/mol. The minimum Gasteiger partial charge on any atom is -0.322 e. The summed E-state index contributed by atoms with van der Waals surface area (Å²) < 4.78 is 0. The van der Waals surface area contributed by atoms with Crippen molar-refractivity contribution in [3.8, 4) is 0 Å². The average Bonchev–Trinajstić information content (AvgIpc) is 2.65. The highest BCUT2D eigenvalue weighted by molar-refractivity contribution is 6.07. The van der Waals surface area contributed by atoms with Crippen molar-refractivity contribution in [1.29, 1.82) is 0 Å². The molecule has 5 nitrogen and oxygen atoms in total. The van der Waals surface area contributed by atoms with E-state index in [-0.39, 0.29) is 11.7 Å². The third kappa shape index (κ3) is 1.99. The van der Waals surface area contributed by atoms with E-state index in [1.54, 1.807) is 31.2 Å². The van der Waals surface area contributed by atoms with E-state index in [0.29, 0.717) is 5.56 Å². The molecule has 1 fully saturated rings. The number of benzene rings is 1. The molecule has 0 spiro atoms. The van der Waals surface area contributed by atoms with Crippen LogP contribution < -0.4 is 5.32 Å². The largest absolute Gasteiger partial charge is 0.325 e. The third-order valence-electron chi connectivity index (χ3n) is 3.08. The van der Waals surface area contributed by atoms with E-state index < -0.39 is 18.1 Å². The van der Waals surface area contributed by atoms with E-state index in [2.05, 4.69) is 5.32 Å². The van der Waals surface area contributed by atoms with Gasteiger partial charge in [-0.3, -0.25) is 14.5 Å². The smallest absolute Gasteiger partial charge is 0.322 e. The number of hydrogen-bond acceptors (Lipinski definition) is 3. The Bertz CT molecular complexity index is 498. The van der Waals surface area contributed by atoms with Crippen LogP contribution >= 0.6 is 0 Å². The maximum atomic E-state index is 12.2. The number of Topliss-reactive ketones (excluding diaryl/α,β-unsaturated/α-hetero) is 1. The van der Waals surface area contributed by atoms with Gasteiger partial charge in [0, 0.05) is 0 Å². The summed E-state index contributed by atoms with van der Waals surface area (Å²) >= 11 is 0. The van der Waals surface area contributed by atoms with Gasteiger partial charge in [0.2, 0.25) is 0 Å². The van der Waals surface area contributed by atoms with Gasteiger partial charge in [-0.25, -0.2) is 4.79 Å². The van der Waals surface area contributed by atoms with Crippen LogP contribution in [0.1, 0.15) is 25.5 Å². The van der Waals surface area contributed by atoms with Crippen LogP contribution in [-0.2, 0) is 9.59 Å². The molecule has 5 heteroatoms. The Hall–Kier alpha value is -2.17. The number of nitrogens with one attached hydrogen (secondary N) is 1. The van der Waals surface area contributed by atoms with Gasteiger partial charge >= 0.3 is 6.03 Å². The molecule has 1 aromatic rings. The third-order valence-corrected chi connectivity index (χ3v) is 3.08. The molecule has 1 heterocycles. The van der Waals surface area contributed by atoms with Gasteiger partial charge in [0.1, 0.15) is 6.04 Å². The Morgan fingerprint density at radius 1 is 1.28 bits per heavy atom. The highest BCUT2D eigenvalue weighted by Gasteiger charge is 2.42. The van der Waals surface area contributed by atoms with Crippen LogP contribution in [0.25, 0.3) is 0 Å². The van der Waals surface area contributed by atoms with E-state index in [9.17, 15) is 14.4 Å². The topological polar surface area (TPSA) is 66.5 Å². The molecule has 1 saturated heterocycles. The molecule has 2 rings (SSSR count). The molecule has 1 aliphatic rings. The number of imide groups is 1. The standard InChI is InChI=1S/C13H14N2O3/c1-8(9(2)16)15-12(17)11(14-13(15)18)10-6-4-3-5-7-10/h3-8,11H,1-2H3,(H,14,18). The normalized spacial score (nSPS) is 20.8. The van der Waals surface area contributed by atoms with E-state index in [1.807, 2.05) is 6.07 Å². The molecule has 2 atom stereocenters. The second kappa shape index (κ2) is 4.60. The lowest BCUT2D eigenvalue weighted by Crippen LogP contribution is -2.42. The molecule has 2 unspecified atom stereocenters. The summed E-state index contributed by atoms with van der Waals surface area (Å²) in [6.45, 7) is 2.91. The summed E-state index contributed by atoms with van der Waals surface area (Å²) in [6.07, 6.45) is 0. The Kier molecular flexibility index (Phi) is 3.14. The fraction of sp³-hybridized carbons (Fsp3) is 0.308. The summed E-state index contributed by atoms with van der Waals surface area (Å²) in [5.74, 6) is -0.596. The van der Waals surface area contributed by atoms with Crippen molar-refractivity contribution in [3.63, 3.8) is 0 Å². The summed E-state index contributed by atoms with van der Waals surface area (Å²) in [4.78, 5) is 36.2. The average molecular weight is 246 g/mol. The number of urea groups is 1. The summed E-state index contributed by atoms with van der Waals surface area (Å²) in [5.41, 5.74) is 0.717. The molecule has 0 saturated carbocycles. The van der Waals surface area contributed by atoms with Crippen LogP contribution in [0.15, 0.2) is 30.3 Å². The molecule has 0 aromatic heterocycles. The first-order chi connectivity index (χ1) is 8.52. The lowest BCUT2D eigenvalue weighted by atomic mass is 10.1. The van der Waals surface area contributed by atoms with Crippen LogP contribution in [0.5, 0.6) is 0 Å². The van der Waals surface area contributed by atoms with Crippen molar-refractivity contribution in [1.82, 2.24) is 10.2 Å². The van der Waals surface area contributed by atoms with Crippen molar-refractivity contribution in [2.24, 2.45) is 0 Å². The van der Waals surface area contributed by atoms with Crippen LogP contribution in [0.4, 0.5) is 4.79 Å². The maximum absolute atomic E-state index is 12.2. The van der Waals surface area contributed by atoms with Gasteiger partial charge < -0.3 is 5.32 Å². The monoisotopic (exact) mass is 246 g/mol. The Labute approximate surface area is 105 Å². The van der Waals surface area contributed by atoms with Gasteiger partial charge in [0.25, 0.3) is 5.91 Å². The number of ketones is 1. The van der Waals surface area contributed by atoms with Gasteiger partial charge in [-0.05, 0) is 19.4 Å². The second-order valence-corrected chi connectivity index (χ2v) is 4.29. The number of carbonyl (C=O) groups excluding carboxylic acids is 3. The molecule has 3 amide bonds. The fourth-order valence-electron chi connectivity index (χ4n) is 1.91. The first-order valence-corrected chi connectivity index (χ1v) is 5.71. The number of hydrogen-bond donors (Lipinski definition) is 1. The van der Waals surface area contributed by atoms with Crippen LogP contribution in [0.3, 0.4) is 0 Å². The zero-order valence-corrected chi connectivity index (χ0v) is 10.2. The van der Waals surface area contributed by atoms with Crippen LogP contribution in [-0.4, -0.2) is 28.7 Å². The summed E-state index contributed by atoms with van der Waals surface area (Å²) in [6, 6.07) is 7.02. The van der Waals surface area contributed by atoms with Crippen LogP contribution in [0.2, 0.25) is 0 Å². The predicted molar refractivity (Wildman–Crippen MR) is 64.7 cm³/mol. The molecule has 0 bridgehead atoms. The molecule has 0 aliphatic carbocycles. The van der Waals surface area contributed by atoms with E-state index in [0.717, 1.165) is 4.90 Å². The van der Waals surface area contributed by atoms with Gasteiger partial charge in [-0.2, -0.15) is 0 Å². The molecule has 18 heavy (non-hydrogen) atoms. The molecule has 0 radical (unpaired) electrons. The van der Waals surface area contributed by atoms with Gasteiger partial charge in [0.05, 0.1) is 6.04 Å². The Morgan fingerprint density at radius 3 is 2.44 bits per heavy atom. The molecular formula is C13H14N2O3. The molecule has 1 N–H and O–H groups in total.